The third-order valence-corrected chi connectivity index (χ3v) is 7.51. The number of imidazole rings is 1. The van der Waals surface area contributed by atoms with Crippen LogP contribution in [0.1, 0.15) is 26.7 Å². The Bertz CT molecular complexity index is 1220. The number of nitrogens with zero attached hydrogens (tertiary/aromatic N) is 4. The first-order chi connectivity index (χ1) is 17.0. The lowest BCUT2D eigenvalue weighted by molar-refractivity contribution is 0.175. The van der Waals surface area contributed by atoms with Crippen LogP contribution in [0.25, 0.3) is 16.2 Å². The number of unbranched alkanes of at least 4 members (excludes halogenated alkanes) is 1. The molecule has 35 heavy (non-hydrogen) atoms. The van der Waals surface area contributed by atoms with Crippen LogP contribution in [0.15, 0.2) is 66.3 Å². The molecule has 5 rings (SSSR count). The standard InChI is InChI=1S/C28H34N4O2S/c1-28(2)21-30(15-16-32(28)25-8-4-5-9-26(25)33-3)14-6-7-18-34-23-12-10-22(11-13-23)24-20-31-17-19-35-27(31)29-24/h4-5,8-13,17,19-20H,6-7,14-16,18,21H2,1-3H3/i18+2. The van der Waals surface area contributed by atoms with Crippen LogP contribution < -0.4 is 14.4 Å². The molecule has 3 heterocycles. The second kappa shape index (κ2) is 10.3. The number of hydrogen-bond donors (Lipinski definition) is 0. The van der Waals surface area contributed by atoms with E-state index >= 15 is 0 Å². The molecule has 4 aromatic rings. The lowest BCUT2D eigenvalue weighted by Crippen LogP contribution is -2.59. The van der Waals surface area contributed by atoms with Crippen molar-refractivity contribution in [3.63, 3.8) is 0 Å². The average molecular weight is 493 g/mol. The molecule has 1 aliphatic rings. The molecule has 0 aliphatic carbocycles. The molecule has 0 spiro atoms. The van der Waals surface area contributed by atoms with Gasteiger partial charge in [0, 0.05) is 48.5 Å². The number of thiazole rings is 1. The van der Waals surface area contributed by atoms with E-state index in [0.29, 0.717) is 0 Å². The smallest absolute Gasteiger partial charge is 0.194 e. The molecule has 0 bridgehead atoms. The third-order valence-electron chi connectivity index (χ3n) is 6.74. The van der Waals surface area contributed by atoms with Gasteiger partial charge in [-0.25, -0.2) is 4.98 Å². The fourth-order valence-corrected chi connectivity index (χ4v) is 5.66. The summed E-state index contributed by atoms with van der Waals surface area (Å²) in [7, 11) is 1.75. The third kappa shape index (κ3) is 5.31. The van der Waals surface area contributed by atoms with Gasteiger partial charge < -0.3 is 14.4 Å². The molecule has 0 N–H and O–H groups in total. The predicted molar refractivity (Wildman–Crippen MR) is 144 cm³/mol. The maximum atomic E-state index is 6.01. The molecule has 7 heteroatoms. The van der Waals surface area contributed by atoms with Gasteiger partial charge in [0.1, 0.15) is 11.5 Å². The Morgan fingerprint density at radius 3 is 2.69 bits per heavy atom. The Balaban J connectivity index is 1.06. The van der Waals surface area contributed by atoms with Crippen LogP contribution >= 0.6 is 11.3 Å². The summed E-state index contributed by atoms with van der Waals surface area (Å²) in [5.41, 5.74) is 3.35. The second-order valence-electron chi connectivity index (χ2n) is 9.71. The molecule has 0 saturated carbocycles. The van der Waals surface area contributed by atoms with E-state index in [-0.39, 0.29) is 5.54 Å². The van der Waals surface area contributed by atoms with E-state index in [1.807, 2.05) is 35.8 Å². The summed E-state index contributed by atoms with van der Waals surface area (Å²) in [5.74, 6) is 1.87. The van der Waals surface area contributed by atoms with Gasteiger partial charge in [0.25, 0.3) is 0 Å². The Labute approximate surface area is 211 Å². The van der Waals surface area contributed by atoms with Crippen molar-refractivity contribution in [1.29, 1.82) is 0 Å². The summed E-state index contributed by atoms with van der Waals surface area (Å²) in [6.07, 6.45) is 6.29. The molecule has 0 amide bonds. The van der Waals surface area contributed by atoms with Gasteiger partial charge >= 0.3 is 0 Å². The van der Waals surface area contributed by atoms with Gasteiger partial charge in [0.15, 0.2) is 4.96 Å². The minimum absolute atomic E-state index is 0.0509. The van der Waals surface area contributed by atoms with Crippen molar-refractivity contribution in [3.8, 4) is 22.8 Å². The van der Waals surface area contributed by atoms with E-state index in [4.69, 9.17) is 9.47 Å². The number of methoxy groups -OCH3 is 1. The molecule has 0 unspecified atom stereocenters. The summed E-state index contributed by atoms with van der Waals surface area (Å²) in [6, 6.07) is 16.6. The maximum absolute atomic E-state index is 6.01. The van der Waals surface area contributed by atoms with E-state index in [2.05, 4.69) is 63.5 Å². The zero-order chi connectivity index (χ0) is 24.3. The number of hydrogen-bond acceptors (Lipinski definition) is 6. The molecule has 184 valence electrons. The van der Waals surface area contributed by atoms with E-state index < -0.39 is 0 Å². The normalized spacial score (nSPS) is 16.0. The highest BCUT2D eigenvalue weighted by Gasteiger charge is 2.34. The summed E-state index contributed by atoms with van der Waals surface area (Å²) < 4.78 is 13.7. The number of para-hydroxylation sites is 2. The van der Waals surface area contributed by atoms with Gasteiger partial charge in [0.05, 0.1) is 25.1 Å². The van der Waals surface area contributed by atoms with Crippen LogP contribution in [0, 0.1) is 0 Å². The topological polar surface area (TPSA) is 42.2 Å². The number of rotatable bonds is 9. The van der Waals surface area contributed by atoms with Crippen LogP contribution in [-0.2, 0) is 0 Å². The van der Waals surface area contributed by atoms with E-state index in [0.717, 1.165) is 73.3 Å². The molecule has 0 atom stereocenters. The van der Waals surface area contributed by atoms with Gasteiger partial charge in [0.2, 0.25) is 0 Å². The van der Waals surface area contributed by atoms with Crippen molar-refractivity contribution in [2.45, 2.75) is 32.2 Å². The fourth-order valence-electron chi connectivity index (χ4n) is 4.96. The fraction of sp³-hybridized carbons (Fsp3) is 0.393. The maximum Gasteiger partial charge on any atom is 0.194 e. The first kappa shape index (κ1) is 23.7. The Hall–Kier alpha value is -3.03. The monoisotopic (exact) mass is 492 g/mol. The SMILES string of the molecule is COc1ccccc1N1CCN(CCC[14CH2]Oc2ccc(-c3cn4ccsc4n3)cc2)CC1(C)C. The van der Waals surface area contributed by atoms with Crippen molar-refractivity contribution >= 4 is 22.0 Å². The highest BCUT2D eigenvalue weighted by Crippen LogP contribution is 2.35. The number of fused-ring (bicyclic) bond motifs is 1. The van der Waals surface area contributed by atoms with Gasteiger partial charge in [-0.1, -0.05) is 12.1 Å². The van der Waals surface area contributed by atoms with E-state index in [1.54, 1.807) is 18.4 Å². The Morgan fingerprint density at radius 1 is 1.09 bits per heavy atom. The van der Waals surface area contributed by atoms with Crippen molar-refractivity contribution in [1.82, 2.24) is 14.3 Å². The van der Waals surface area contributed by atoms with E-state index in [9.17, 15) is 0 Å². The number of ether oxygens (including phenoxy) is 2. The highest BCUT2D eigenvalue weighted by molar-refractivity contribution is 7.15. The Morgan fingerprint density at radius 2 is 1.91 bits per heavy atom. The lowest BCUT2D eigenvalue weighted by atomic mass is 9.97. The van der Waals surface area contributed by atoms with Crippen LogP contribution in [0.4, 0.5) is 5.69 Å². The quantitative estimate of drug-likeness (QED) is 0.275. The van der Waals surface area contributed by atoms with Gasteiger partial charge in [-0.05, 0) is 69.6 Å². The Kier molecular flexibility index (Phi) is 6.97. The number of benzene rings is 2. The van der Waals surface area contributed by atoms with Gasteiger partial charge in [-0.3, -0.25) is 9.30 Å². The van der Waals surface area contributed by atoms with Crippen molar-refractivity contribution in [2.75, 3.05) is 44.8 Å². The van der Waals surface area contributed by atoms with Gasteiger partial charge in [-0.15, -0.1) is 11.3 Å². The number of aromatic nitrogens is 2. The molecule has 1 fully saturated rings. The summed E-state index contributed by atoms with van der Waals surface area (Å²) in [5, 5.41) is 2.05. The number of anilines is 1. The first-order valence-corrected chi connectivity index (χ1v) is 13.2. The van der Waals surface area contributed by atoms with E-state index in [1.165, 1.54) is 5.69 Å². The van der Waals surface area contributed by atoms with Crippen LogP contribution in [-0.4, -0.2) is 59.7 Å². The second-order valence-corrected chi connectivity index (χ2v) is 10.6. The largest absolute Gasteiger partial charge is 0.495 e. The first-order valence-electron chi connectivity index (χ1n) is 12.3. The van der Waals surface area contributed by atoms with Crippen molar-refractivity contribution in [3.05, 3.63) is 66.3 Å². The minimum Gasteiger partial charge on any atom is -0.495 e. The van der Waals surface area contributed by atoms with Crippen LogP contribution in [0.5, 0.6) is 11.5 Å². The molecule has 1 aliphatic heterocycles. The molecular formula is C28H34N4O2S. The lowest BCUT2D eigenvalue weighted by Gasteiger charge is -2.48. The van der Waals surface area contributed by atoms with Crippen LogP contribution in [0.2, 0.25) is 0 Å². The summed E-state index contributed by atoms with van der Waals surface area (Å²) >= 11 is 1.65. The minimum atomic E-state index is 0.0509. The molecular weight excluding hydrogens is 458 g/mol. The van der Waals surface area contributed by atoms with Crippen molar-refractivity contribution < 1.29 is 9.47 Å². The molecule has 2 aromatic carbocycles. The molecule has 2 aromatic heterocycles. The summed E-state index contributed by atoms with van der Waals surface area (Å²) in [4.78, 5) is 10.8. The van der Waals surface area contributed by atoms with Crippen LogP contribution in [0.3, 0.4) is 0 Å². The molecule has 0 radical (unpaired) electrons. The molecule has 1 saturated heterocycles. The number of piperazine rings is 1. The van der Waals surface area contributed by atoms with Gasteiger partial charge in [-0.2, -0.15) is 0 Å². The van der Waals surface area contributed by atoms with Crippen molar-refractivity contribution in [2.24, 2.45) is 0 Å². The predicted octanol–water partition coefficient (Wildman–Crippen LogP) is 5.83. The highest BCUT2D eigenvalue weighted by atomic mass is 32.1. The average Bonchev–Trinajstić information content (AvgIpc) is 3.47. The zero-order valence-electron chi connectivity index (χ0n) is 20.8. The zero-order valence-corrected chi connectivity index (χ0v) is 21.6. The summed E-state index contributed by atoms with van der Waals surface area (Å²) in [6.45, 7) is 9.60. The molecule has 6 nitrogen and oxygen atoms in total.